The zero-order valence-corrected chi connectivity index (χ0v) is 17.0. The summed E-state index contributed by atoms with van der Waals surface area (Å²) in [4.78, 5) is 4.51. The van der Waals surface area contributed by atoms with Crippen LogP contribution in [0.5, 0.6) is 5.75 Å². The van der Waals surface area contributed by atoms with Gasteiger partial charge in [0, 0.05) is 15.8 Å². The largest absolute Gasteiger partial charge is 0.487 e. The third-order valence-electron chi connectivity index (χ3n) is 3.90. The highest BCUT2D eigenvalue weighted by molar-refractivity contribution is 9.10. The van der Waals surface area contributed by atoms with E-state index in [0.717, 1.165) is 31.8 Å². The van der Waals surface area contributed by atoms with Crippen LogP contribution in [0.2, 0.25) is 5.02 Å². The Hall–Kier alpha value is -2.15. The standard InChI is InChI=1S/C20H13BrClFN2OS/c21-19-10-18-15(6-7-27-18)20(25-19)24-14-4-5-17(16(22)9-14)26-11-12-2-1-3-13(23)8-12/h1-10H,11H2,(H,24,25). The summed E-state index contributed by atoms with van der Waals surface area (Å²) in [7, 11) is 0. The number of benzene rings is 2. The predicted octanol–water partition coefficient (Wildman–Crippen LogP) is 7.17. The third-order valence-corrected chi connectivity index (χ3v) is 5.46. The SMILES string of the molecule is Fc1cccc(COc2ccc(Nc3nc(Br)cc4sccc34)cc2Cl)c1. The normalized spacial score (nSPS) is 10.9. The van der Waals surface area contributed by atoms with Gasteiger partial charge in [0.25, 0.3) is 0 Å². The fourth-order valence-electron chi connectivity index (χ4n) is 2.65. The highest BCUT2D eigenvalue weighted by Crippen LogP contribution is 2.33. The second-order valence-electron chi connectivity index (χ2n) is 5.81. The first-order valence-corrected chi connectivity index (χ1v) is 10.1. The highest BCUT2D eigenvalue weighted by Gasteiger charge is 2.09. The lowest BCUT2D eigenvalue weighted by molar-refractivity contribution is 0.306. The number of nitrogens with one attached hydrogen (secondary N) is 1. The Balaban J connectivity index is 1.52. The van der Waals surface area contributed by atoms with Gasteiger partial charge in [-0.05, 0) is 69.3 Å². The maximum Gasteiger partial charge on any atom is 0.140 e. The summed E-state index contributed by atoms with van der Waals surface area (Å²) < 4.78 is 20.9. The Bertz CT molecular complexity index is 1120. The number of thiophene rings is 1. The van der Waals surface area contributed by atoms with E-state index >= 15 is 0 Å². The molecule has 0 radical (unpaired) electrons. The molecule has 4 aromatic rings. The van der Waals surface area contributed by atoms with Gasteiger partial charge in [-0.2, -0.15) is 0 Å². The lowest BCUT2D eigenvalue weighted by Crippen LogP contribution is -1.98. The number of hydrogen-bond donors (Lipinski definition) is 1. The molecule has 0 fully saturated rings. The van der Waals surface area contributed by atoms with Crippen LogP contribution >= 0.6 is 38.9 Å². The van der Waals surface area contributed by atoms with Crippen LogP contribution in [-0.2, 0) is 6.61 Å². The molecule has 4 rings (SSSR count). The molecule has 0 unspecified atom stereocenters. The maximum atomic E-state index is 13.2. The molecule has 0 aliphatic carbocycles. The molecule has 3 nitrogen and oxygen atoms in total. The van der Waals surface area contributed by atoms with E-state index < -0.39 is 0 Å². The van der Waals surface area contributed by atoms with Gasteiger partial charge in [-0.25, -0.2) is 9.37 Å². The Morgan fingerprint density at radius 1 is 1.15 bits per heavy atom. The van der Waals surface area contributed by atoms with Crippen LogP contribution in [-0.4, -0.2) is 4.98 Å². The number of halogens is 3. The van der Waals surface area contributed by atoms with Crippen molar-refractivity contribution in [2.45, 2.75) is 6.61 Å². The zero-order valence-electron chi connectivity index (χ0n) is 13.9. The lowest BCUT2D eigenvalue weighted by atomic mass is 10.2. The van der Waals surface area contributed by atoms with E-state index in [-0.39, 0.29) is 12.4 Å². The van der Waals surface area contributed by atoms with E-state index in [0.29, 0.717) is 10.8 Å². The minimum Gasteiger partial charge on any atom is -0.487 e. The summed E-state index contributed by atoms with van der Waals surface area (Å²) in [6.07, 6.45) is 0. The van der Waals surface area contributed by atoms with Gasteiger partial charge >= 0.3 is 0 Å². The second-order valence-corrected chi connectivity index (χ2v) is 7.98. The minimum absolute atomic E-state index is 0.243. The van der Waals surface area contributed by atoms with E-state index in [1.807, 2.05) is 23.6 Å². The molecule has 27 heavy (non-hydrogen) atoms. The van der Waals surface area contributed by atoms with E-state index in [1.165, 1.54) is 12.1 Å². The lowest BCUT2D eigenvalue weighted by Gasteiger charge is -2.12. The van der Waals surface area contributed by atoms with Gasteiger partial charge < -0.3 is 10.1 Å². The number of nitrogens with zero attached hydrogens (tertiary/aromatic N) is 1. The summed E-state index contributed by atoms with van der Waals surface area (Å²) in [5, 5.41) is 6.84. The summed E-state index contributed by atoms with van der Waals surface area (Å²) >= 11 is 11.4. The van der Waals surface area contributed by atoms with Crippen LogP contribution in [0.15, 0.2) is 64.6 Å². The maximum absolute atomic E-state index is 13.2. The molecule has 0 amide bonds. The van der Waals surface area contributed by atoms with Crippen LogP contribution in [0, 0.1) is 5.82 Å². The smallest absolute Gasteiger partial charge is 0.140 e. The molecule has 2 aromatic carbocycles. The van der Waals surface area contributed by atoms with E-state index in [4.69, 9.17) is 16.3 Å². The molecule has 7 heteroatoms. The number of fused-ring (bicyclic) bond motifs is 1. The monoisotopic (exact) mass is 462 g/mol. The van der Waals surface area contributed by atoms with E-state index in [1.54, 1.807) is 35.6 Å². The summed E-state index contributed by atoms with van der Waals surface area (Å²) in [5.74, 6) is 1.00. The first-order chi connectivity index (χ1) is 13.1. The molecular formula is C20H13BrClFN2OS. The number of anilines is 2. The van der Waals surface area contributed by atoms with Gasteiger partial charge in [0.1, 0.15) is 28.6 Å². The van der Waals surface area contributed by atoms with Crippen molar-refractivity contribution in [3.05, 3.63) is 81.0 Å². The summed E-state index contributed by atoms with van der Waals surface area (Å²) in [6.45, 7) is 0.243. The number of aromatic nitrogens is 1. The fourth-order valence-corrected chi connectivity index (χ4v) is 4.27. The number of pyridine rings is 1. The van der Waals surface area contributed by atoms with Gasteiger partial charge in [0.15, 0.2) is 0 Å². The van der Waals surface area contributed by atoms with Gasteiger partial charge in [0.05, 0.1) is 5.02 Å². The van der Waals surface area contributed by atoms with Crippen molar-refractivity contribution in [1.82, 2.24) is 4.98 Å². The van der Waals surface area contributed by atoms with Crippen molar-refractivity contribution < 1.29 is 9.13 Å². The van der Waals surface area contributed by atoms with Crippen molar-refractivity contribution >= 4 is 60.5 Å². The molecular weight excluding hydrogens is 451 g/mol. The van der Waals surface area contributed by atoms with Crippen molar-refractivity contribution in [2.75, 3.05) is 5.32 Å². The van der Waals surface area contributed by atoms with Crippen molar-refractivity contribution in [3.8, 4) is 5.75 Å². The predicted molar refractivity (Wildman–Crippen MR) is 113 cm³/mol. The Labute approximate surface area is 172 Å². The third kappa shape index (κ3) is 4.24. The molecule has 0 bridgehead atoms. The molecule has 0 saturated carbocycles. The molecule has 2 heterocycles. The van der Waals surface area contributed by atoms with Crippen LogP contribution in [0.25, 0.3) is 10.1 Å². The number of hydrogen-bond acceptors (Lipinski definition) is 4. The van der Waals surface area contributed by atoms with Gasteiger partial charge in [-0.15, -0.1) is 11.3 Å². The summed E-state index contributed by atoms with van der Waals surface area (Å²) in [5.41, 5.74) is 1.54. The topological polar surface area (TPSA) is 34.1 Å². The van der Waals surface area contributed by atoms with Crippen molar-refractivity contribution in [2.24, 2.45) is 0 Å². The average Bonchev–Trinajstić information content (AvgIpc) is 3.09. The fraction of sp³-hybridized carbons (Fsp3) is 0.0500. The average molecular weight is 464 g/mol. The Morgan fingerprint density at radius 3 is 2.85 bits per heavy atom. The minimum atomic E-state index is -0.289. The molecule has 0 atom stereocenters. The number of rotatable bonds is 5. The molecule has 0 spiro atoms. The quantitative estimate of drug-likeness (QED) is 0.318. The van der Waals surface area contributed by atoms with Crippen LogP contribution in [0.4, 0.5) is 15.9 Å². The molecule has 136 valence electrons. The molecule has 1 N–H and O–H groups in total. The Kier molecular flexibility index (Phi) is 5.29. The highest BCUT2D eigenvalue weighted by atomic mass is 79.9. The van der Waals surface area contributed by atoms with E-state index in [9.17, 15) is 4.39 Å². The van der Waals surface area contributed by atoms with E-state index in [2.05, 4.69) is 26.2 Å². The van der Waals surface area contributed by atoms with Crippen molar-refractivity contribution in [3.63, 3.8) is 0 Å². The van der Waals surface area contributed by atoms with Crippen molar-refractivity contribution in [1.29, 1.82) is 0 Å². The van der Waals surface area contributed by atoms with Gasteiger partial charge in [-0.3, -0.25) is 0 Å². The Morgan fingerprint density at radius 2 is 2.04 bits per heavy atom. The van der Waals surface area contributed by atoms with Gasteiger partial charge in [0.2, 0.25) is 0 Å². The van der Waals surface area contributed by atoms with Crippen LogP contribution in [0.1, 0.15) is 5.56 Å². The molecule has 0 aliphatic rings. The first-order valence-electron chi connectivity index (χ1n) is 8.06. The summed E-state index contributed by atoms with van der Waals surface area (Å²) in [6, 6.07) is 15.7. The number of ether oxygens (including phenoxy) is 1. The molecule has 0 aliphatic heterocycles. The first kappa shape index (κ1) is 18.2. The van der Waals surface area contributed by atoms with Crippen LogP contribution < -0.4 is 10.1 Å². The van der Waals surface area contributed by atoms with Gasteiger partial charge in [-0.1, -0.05) is 23.7 Å². The van der Waals surface area contributed by atoms with Crippen LogP contribution in [0.3, 0.4) is 0 Å². The molecule has 2 aromatic heterocycles. The zero-order chi connectivity index (χ0) is 18.8. The molecule has 0 saturated heterocycles. The second kappa shape index (κ2) is 7.84.